The van der Waals surface area contributed by atoms with Gasteiger partial charge >= 0.3 is 5.97 Å². The van der Waals surface area contributed by atoms with Crippen molar-refractivity contribution >= 4 is 11.8 Å². The Morgan fingerprint density at radius 3 is 2.68 bits per heavy atom. The first-order valence-electron chi connectivity index (χ1n) is 9.13. The maximum absolute atomic E-state index is 12.1. The molecule has 1 aromatic carbocycles. The van der Waals surface area contributed by atoms with Crippen LogP contribution >= 0.6 is 0 Å². The second-order valence-electron chi connectivity index (χ2n) is 7.65. The predicted octanol–water partition coefficient (Wildman–Crippen LogP) is 3.74. The fourth-order valence-corrected chi connectivity index (χ4v) is 5.55. The minimum atomic E-state index is -0.744. The van der Waals surface area contributed by atoms with Crippen LogP contribution in [0.3, 0.4) is 0 Å². The van der Waals surface area contributed by atoms with Gasteiger partial charge in [0.25, 0.3) is 0 Å². The Hall–Kier alpha value is -2.10. The zero-order valence-corrected chi connectivity index (χ0v) is 14.7. The van der Waals surface area contributed by atoms with Crippen molar-refractivity contribution in [3.63, 3.8) is 0 Å². The lowest BCUT2D eigenvalue weighted by Gasteiger charge is -2.45. The molecule has 1 fully saturated rings. The normalized spacial score (nSPS) is 30.3. The van der Waals surface area contributed by atoms with Gasteiger partial charge in [-0.05, 0) is 79.7 Å². The highest BCUT2D eigenvalue weighted by Gasteiger charge is 2.50. The highest BCUT2D eigenvalue weighted by molar-refractivity contribution is 5.95. The maximum Gasteiger partial charge on any atom is 0.307 e. The first kappa shape index (κ1) is 16.4. The molecular weight excluding hydrogens is 316 g/mol. The second kappa shape index (κ2) is 6.01. The van der Waals surface area contributed by atoms with Crippen molar-refractivity contribution in [3.05, 3.63) is 40.5 Å². The highest BCUT2D eigenvalue weighted by Crippen LogP contribution is 2.57. The molecule has 0 saturated heterocycles. The summed E-state index contributed by atoms with van der Waals surface area (Å²) in [6.07, 6.45) is 4.32. The zero-order valence-electron chi connectivity index (χ0n) is 14.7. The van der Waals surface area contributed by atoms with Gasteiger partial charge in [0.05, 0.1) is 13.0 Å². The molecule has 3 aliphatic rings. The number of methoxy groups -OCH3 is 1. The molecular formula is C21H24O4. The minimum absolute atomic E-state index is 0.0245. The predicted molar refractivity (Wildman–Crippen MR) is 93.7 cm³/mol. The van der Waals surface area contributed by atoms with E-state index < -0.39 is 11.9 Å². The lowest BCUT2D eigenvalue weighted by atomic mass is 9.58. The summed E-state index contributed by atoms with van der Waals surface area (Å²) in [4.78, 5) is 24.1. The Kier molecular flexibility index (Phi) is 3.94. The van der Waals surface area contributed by atoms with E-state index in [0.717, 1.165) is 48.1 Å². The first-order chi connectivity index (χ1) is 12.0. The number of carbonyl (C=O) groups is 2. The van der Waals surface area contributed by atoms with E-state index in [1.54, 1.807) is 14.0 Å². The van der Waals surface area contributed by atoms with Crippen molar-refractivity contribution < 1.29 is 19.4 Å². The number of allylic oxidation sites excluding steroid dienone is 2. The van der Waals surface area contributed by atoms with Crippen LogP contribution in [0.1, 0.15) is 49.7 Å². The number of ether oxygens (including phenoxy) is 1. The molecule has 4 atom stereocenters. The molecule has 4 nitrogen and oxygen atoms in total. The number of carboxylic acids is 1. The van der Waals surface area contributed by atoms with Crippen molar-refractivity contribution in [1.29, 1.82) is 0 Å². The number of rotatable bonds is 3. The van der Waals surface area contributed by atoms with Crippen molar-refractivity contribution in [2.75, 3.05) is 7.11 Å². The van der Waals surface area contributed by atoms with Crippen molar-refractivity contribution in [2.45, 2.75) is 44.9 Å². The Morgan fingerprint density at radius 1 is 1.20 bits per heavy atom. The second-order valence-corrected chi connectivity index (χ2v) is 7.65. The summed E-state index contributed by atoms with van der Waals surface area (Å²) in [6, 6.07) is 6.09. The Labute approximate surface area is 147 Å². The summed E-state index contributed by atoms with van der Waals surface area (Å²) in [5, 5.41) is 9.94. The standard InChI is InChI=1S/C21H24O4/c1-11(22)14-7-8-15-16-6-4-12-3-5-13(25-2)9-17(12)20(16)19(21(23)24)10-18(14)15/h3,5,9,15-16,19-20H,4,6-8,10H2,1-2H3,(H,23,24)/t15-,16-,19-,20-/m0/s1. The van der Waals surface area contributed by atoms with Gasteiger partial charge in [-0.2, -0.15) is 0 Å². The topological polar surface area (TPSA) is 63.6 Å². The van der Waals surface area contributed by atoms with E-state index >= 15 is 0 Å². The number of aryl methyl sites for hydroxylation is 1. The number of Topliss-reactive ketones (excluding diaryl/α,β-unsaturated/α-hetero) is 1. The van der Waals surface area contributed by atoms with Crippen LogP contribution in [0.2, 0.25) is 0 Å². The van der Waals surface area contributed by atoms with Crippen LogP contribution in [0.15, 0.2) is 29.3 Å². The Morgan fingerprint density at radius 2 is 2.00 bits per heavy atom. The van der Waals surface area contributed by atoms with Gasteiger partial charge in [-0.25, -0.2) is 0 Å². The van der Waals surface area contributed by atoms with E-state index in [0.29, 0.717) is 18.3 Å². The molecule has 0 aromatic heterocycles. The van der Waals surface area contributed by atoms with Crippen molar-refractivity contribution in [3.8, 4) is 5.75 Å². The van der Waals surface area contributed by atoms with Gasteiger partial charge in [-0.3, -0.25) is 9.59 Å². The number of aliphatic carboxylic acids is 1. The molecule has 0 amide bonds. The molecule has 1 N–H and O–H groups in total. The van der Waals surface area contributed by atoms with Crippen LogP contribution < -0.4 is 4.74 Å². The van der Waals surface area contributed by atoms with Crippen LogP contribution in [-0.2, 0) is 16.0 Å². The minimum Gasteiger partial charge on any atom is -0.497 e. The molecule has 0 radical (unpaired) electrons. The number of hydrogen-bond acceptors (Lipinski definition) is 3. The van der Waals surface area contributed by atoms with Crippen LogP contribution in [0.25, 0.3) is 0 Å². The van der Waals surface area contributed by atoms with Gasteiger partial charge < -0.3 is 9.84 Å². The highest BCUT2D eigenvalue weighted by atomic mass is 16.5. The lowest BCUT2D eigenvalue weighted by Crippen LogP contribution is -2.40. The van der Waals surface area contributed by atoms with E-state index in [-0.39, 0.29) is 11.7 Å². The summed E-state index contributed by atoms with van der Waals surface area (Å²) in [5.74, 6) is 0.441. The Bertz CT molecular complexity index is 776. The average Bonchev–Trinajstić information content (AvgIpc) is 3.04. The summed E-state index contributed by atoms with van der Waals surface area (Å²) in [7, 11) is 1.65. The summed E-state index contributed by atoms with van der Waals surface area (Å²) in [6.45, 7) is 1.62. The molecule has 4 rings (SSSR count). The monoisotopic (exact) mass is 340 g/mol. The van der Waals surface area contributed by atoms with Crippen LogP contribution in [0, 0.1) is 17.8 Å². The van der Waals surface area contributed by atoms with Crippen LogP contribution in [-0.4, -0.2) is 24.0 Å². The van der Waals surface area contributed by atoms with Gasteiger partial charge in [0, 0.05) is 5.92 Å². The zero-order chi connectivity index (χ0) is 17.7. The van der Waals surface area contributed by atoms with Gasteiger partial charge in [0.15, 0.2) is 5.78 Å². The summed E-state index contributed by atoms with van der Waals surface area (Å²) < 4.78 is 5.39. The first-order valence-corrected chi connectivity index (χ1v) is 9.13. The lowest BCUT2D eigenvalue weighted by molar-refractivity contribution is -0.144. The molecule has 0 aliphatic heterocycles. The summed E-state index contributed by atoms with van der Waals surface area (Å²) >= 11 is 0. The smallest absolute Gasteiger partial charge is 0.307 e. The number of benzene rings is 1. The average molecular weight is 340 g/mol. The SMILES string of the molecule is COc1ccc2c(c1)[C@@H]1[C@@H](CC2)[C@@H]2CCC(C(C)=O)=C2C[C@@H]1C(=O)O. The van der Waals surface area contributed by atoms with Gasteiger partial charge in [0.1, 0.15) is 5.75 Å². The molecule has 1 saturated carbocycles. The molecule has 0 bridgehead atoms. The van der Waals surface area contributed by atoms with E-state index in [9.17, 15) is 14.7 Å². The van der Waals surface area contributed by atoms with Gasteiger partial charge in [0.2, 0.25) is 0 Å². The van der Waals surface area contributed by atoms with Gasteiger partial charge in [-0.1, -0.05) is 11.6 Å². The Balaban J connectivity index is 1.82. The largest absolute Gasteiger partial charge is 0.497 e. The molecule has 0 heterocycles. The van der Waals surface area contributed by atoms with E-state index in [4.69, 9.17) is 4.74 Å². The fourth-order valence-electron chi connectivity index (χ4n) is 5.55. The molecule has 132 valence electrons. The third-order valence-electron chi connectivity index (χ3n) is 6.59. The number of fused-ring (bicyclic) bond motifs is 5. The molecule has 3 aliphatic carbocycles. The van der Waals surface area contributed by atoms with Crippen LogP contribution in [0.5, 0.6) is 5.75 Å². The third-order valence-corrected chi connectivity index (χ3v) is 6.59. The quantitative estimate of drug-likeness (QED) is 0.910. The number of ketones is 1. The number of carbonyl (C=O) groups excluding carboxylic acids is 1. The molecule has 25 heavy (non-hydrogen) atoms. The number of carboxylic acid groups (broad SMARTS) is 1. The third kappa shape index (κ3) is 2.50. The van der Waals surface area contributed by atoms with E-state index in [1.807, 2.05) is 12.1 Å². The maximum atomic E-state index is 12.1. The molecule has 0 unspecified atom stereocenters. The molecule has 4 heteroatoms. The molecule has 0 spiro atoms. The van der Waals surface area contributed by atoms with Crippen molar-refractivity contribution in [2.24, 2.45) is 17.8 Å². The van der Waals surface area contributed by atoms with Gasteiger partial charge in [-0.15, -0.1) is 0 Å². The van der Waals surface area contributed by atoms with E-state index in [1.165, 1.54) is 5.56 Å². The fraction of sp³-hybridized carbons (Fsp3) is 0.524. The van der Waals surface area contributed by atoms with Crippen LogP contribution in [0.4, 0.5) is 0 Å². The van der Waals surface area contributed by atoms with E-state index in [2.05, 4.69) is 6.07 Å². The number of hydrogen-bond donors (Lipinski definition) is 1. The van der Waals surface area contributed by atoms with Crippen molar-refractivity contribution in [1.82, 2.24) is 0 Å². The summed E-state index contributed by atoms with van der Waals surface area (Å²) in [5.41, 5.74) is 4.46. The molecule has 1 aromatic rings.